The van der Waals surface area contributed by atoms with Crippen LogP contribution in [0.25, 0.3) is 0 Å². The van der Waals surface area contributed by atoms with Crippen molar-refractivity contribution in [3.63, 3.8) is 0 Å². The summed E-state index contributed by atoms with van der Waals surface area (Å²) in [4.78, 5) is 17.7. The normalized spacial score (nSPS) is 16.2. The van der Waals surface area contributed by atoms with E-state index in [-0.39, 0.29) is 12.5 Å². The van der Waals surface area contributed by atoms with Crippen LogP contribution in [0, 0.1) is 0 Å². The van der Waals surface area contributed by atoms with Gasteiger partial charge in [-0.15, -0.1) is 11.8 Å². The van der Waals surface area contributed by atoms with Crippen molar-refractivity contribution in [1.29, 1.82) is 0 Å². The molecule has 1 N–H and O–H groups in total. The Morgan fingerprint density at radius 2 is 2.05 bits per heavy atom. The highest BCUT2D eigenvalue weighted by Gasteiger charge is 2.23. The molecule has 116 valence electrons. The van der Waals surface area contributed by atoms with Gasteiger partial charge in [-0.05, 0) is 24.0 Å². The zero-order chi connectivity index (χ0) is 15.2. The van der Waals surface area contributed by atoms with Gasteiger partial charge < -0.3 is 10.0 Å². The smallest absolute Gasteiger partial charge is 0.255 e. The van der Waals surface area contributed by atoms with Gasteiger partial charge in [0.25, 0.3) is 5.91 Å². The van der Waals surface area contributed by atoms with Crippen LogP contribution in [0.15, 0.2) is 23.1 Å². The summed E-state index contributed by atoms with van der Waals surface area (Å²) in [6, 6.07) is 5.52. The highest BCUT2D eigenvalue weighted by molar-refractivity contribution is 7.99. The number of aliphatic hydroxyl groups excluding tert-OH is 1. The summed E-state index contributed by atoms with van der Waals surface area (Å²) in [5, 5.41) is 9.55. The molecule has 6 heteroatoms. The van der Waals surface area contributed by atoms with Crippen molar-refractivity contribution >= 4 is 29.3 Å². The van der Waals surface area contributed by atoms with Crippen LogP contribution in [0.1, 0.15) is 17.3 Å². The van der Waals surface area contributed by atoms with E-state index in [0.29, 0.717) is 30.2 Å². The van der Waals surface area contributed by atoms with E-state index >= 15 is 0 Å². The van der Waals surface area contributed by atoms with E-state index in [1.54, 1.807) is 17.8 Å². The number of hydrogen-bond donors (Lipinski definition) is 1. The molecule has 1 aromatic carbocycles. The maximum atomic E-state index is 12.7. The first-order valence-corrected chi connectivity index (χ1v) is 8.57. The van der Waals surface area contributed by atoms with Crippen LogP contribution >= 0.6 is 23.4 Å². The minimum absolute atomic E-state index is 0.0529. The second kappa shape index (κ2) is 8.03. The van der Waals surface area contributed by atoms with E-state index in [2.05, 4.69) is 11.8 Å². The standard InChI is InChI=1S/C15H21ClN2O2S/c1-2-21-14-4-3-12(16)11-13(14)15(20)18-7-5-17(6-8-18)9-10-19/h3-4,11,19H,2,5-10H2,1H3. The molecule has 1 saturated heterocycles. The Morgan fingerprint density at radius 3 is 2.67 bits per heavy atom. The second-order valence-corrected chi connectivity index (χ2v) is 6.67. The van der Waals surface area contributed by atoms with E-state index in [4.69, 9.17) is 16.7 Å². The third-order valence-corrected chi connectivity index (χ3v) is 4.74. The predicted octanol–water partition coefficient (Wildman–Crippen LogP) is 2.20. The third-order valence-electron chi connectivity index (χ3n) is 3.55. The van der Waals surface area contributed by atoms with E-state index < -0.39 is 0 Å². The number of β-amino-alcohol motifs (C(OH)–C–C–N with tert-alkyl or cyclic N) is 1. The van der Waals surface area contributed by atoms with Crippen LogP contribution in [0.4, 0.5) is 0 Å². The highest BCUT2D eigenvalue weighted by Crippen LogP contribution is 2.27. The number of halogens is 1. The minimum atomic E-state index is 0.0529. The lowest BCUT2D eigenvalue weighted by Crippen LogP contribution is -2.49. The Labute approximate surface area is 135 Å². The molecule has 0 spiro atoms. The zero-order valence-corrected chi connectivity index (χ0v) is 13.8. The summed E-state index contributed by atoms with van der Waals surface area (Å²) < 4.78 is 0. The molecule has 0 aliphatic carbocycles. The lowest BCUT2D eigenvalue weighted by Gasteiger charge is -2.34. The Bertz CT molecular complexity index is 491. The monoisotopic (exact) mass is 328 g/mol. The molecule has 0 radical (unpaired) electrons. The summed E-state index contributed by atoms with van der Waals surface area (Å²) in [7, 11) is 0. The van der Waals surface area contributed by atoms with Crippen molar-refractivity contribution in [1.82, 2.24) is 9.80 Å². The summed E-state index contributed by atoms with van der Waals surface area (Å²) in [6.45, 7) is 5.92. The van der Waals surface area contributed by atoms with Crippen LogP contribution in [0.2, 0.25) is 5.02 Å². The third kappa shape index (κ3) is 4.36. The van der Waals surface area contributed by atoms with Crippen molar-refractivity contribution in [2.45, 2.75) is 11.8 Å². The van der Waals surface area contributed by atoms with Crippen molar-refractivity contribution < 1.29 is 9.90 Å². The van der Waals surface area contributed by atoms with Gasteiger partial charge in [-0.2, -0.15) is 0 Å². The molecule has 0 saturated carbocycles. The first-order chi connectivity index (χ1) is 10.2. The molecule has 4 nitrogen and oxygen atoms in total. The van der Waals surface area contributed by atoms with Crippen LogP contribution in [-0.2, 0) is 0 Å². The molecular formula is C15H21ClN2O2S. The Balaban J connectivity index is 2.08. The molecule has 0 bridgehead atoms. The number of thioether (sulfide) groups is 1. The van der Waals surface area contributed by atoms with Gasteiger partial charge in [0.2, 0.25) is 0 Å². The van der Waals surface area contributed by atoms with Crippen LogP contribution in [-0.4, -0.2) is 65.9 Å². The SMILES string of the molecule is CCSc1ccc(Cl)cc1C(=O)N1CCN(CCO)CC1. The van der Waals surface area contributed by atoms with Gasteiger partial charge in [-0.3, -0.25) is 9.69 Å². The zero-order valence-electron chi connectivity index (χ0n) is 12.2. The summed E-state index contributed by atoms with van der Waals surface area (Å²) in [5.41, 5.74) is 0.699. The number of aliphatic hydroxyl groups is 1. The quantitative estimate of drug-likeness (QED) is 0.842. The number of nitrogens with zero attached hydrogens (tertiary/aromatic N) is 2. The summed E-state index contributed by atoms with van der Waals surface area (Å²) in [6.07, 6.45) is 0. The van der Waals surface area contributed by atoms with E-state index in [1.165, 1.54) is 0 Å². The molecule has 1 amide bonds. The number of amides is 1. The fourth-order valence-corrected chi connectivity index (χ4v) is 3.39. The average molecular weight is 329 g/mol. The molecule has 1 aliphatic heterocycles. The molecule has 1 aliphatic rings. The summed E-state index contributed by atoms with van der Waals surface area (Å²) >= 11 is 7.71. The van der Waals surface area contributed by atoms with Gasteiger partial charge >= 0.3 is 0 Å². The predicted molar refractivity (Wildman–Crippen MR) is 87.3 cm³/mol. The van der Waals surface area contributed by atoms with Crippen LogP contribution < -0.4 is 0 Å². The Hall–Kier alpha value is -0.750. The van der Waals surface area contributed by atoms with E-state index in [0.717, 1.165) is 23.7 Å². The molecular weight excluding hydrogens is 308 g/mol. The van der Waals surface area contributed by atoms with Gasteiger partial charge in [0, 0.05) is 42.6 Å². The molecule has 0 aromatic heterocycles. The van der Waals surface area contributed by atoms with E-state index in [9.17, 15) is 4.79 Å². The van der Waals surface area contributed by atoms with E-state index in [1.807, 2.05) is 17.0 Å². The van der Waals surface area contributed by atoms with Crippen molar-refractivity contribution in [3.8, 4) is 0 Å². The summed E-state index contributed by atoms with van der Waals surface area (Å²) in [5.74, 6) is 0.976. The largest absolute Gasteiger partial charge is 0.395 e. The maximum Gasteiger partial charge on any atom is 0.255 e. The van der Waals surface area contributed by atoms with Gasteiger partial charge in [0.1, 0.15) is 0 Å². The average Bonchev–Trinajstić information content (AvgIpc) is 2.50. The number of carbonyl (C=O) groups excluding carboxylic acids is 1. The number of hydrogen-bond acceptors (Lipinski definition) is 4. The van der Waals surface area contributed by atoms with Gasteiger partial charge in [0.15, 0.2) is 0 Å². The molecule has 1 aromatic rings. The fourth-order valence-electron chi connectivity index (χ4n) is 2.44. The number of carbonyl (C=O) groups is 1. The second-order valence-electron chi connectivity index (χ2n) is 4.93. The Kier molecular flexibility index (Phi) is 6.36. The molecule has 21 heavy (non-hydrogen) atoms. The van der Waals surface area contributed by atoms with Crippen LogP contribution in [0.3, 0.4) is 0 Å². The number of benzene rings is 1. The first kappa shape index (κ1) is 16.6. The molecule has 2 rings (SSSR count). The first-order valence-electron chi connectivity index (χ1n) is 7.20. The lowest BCUT2D eigenvalue weighted by atomic mass is 10.1. The maximum absolute atomic E-state index is 12.7. The van der Waals surface area contributed by atoms with Gasteiger partial charge in [-0.1, -0.05) is 18.5 Å². The fraction of sp³-hybridized carbons (Fsp3) is 0.533. The molecule has 1 fully saturated rings. The number of rotatable bonds is 5. The number of piperazine rings is 1. The highest BCUT2D eigenvalue weighted by atomic mass is 35.5. The van der Waals surface area contributed by atoms with Gasteiger partial charge in [-0.25, -0.2) is 0 Å². The Morgan fingerprint density at radius 1 is 1.33 bits per heavy atom. The topological polar surface area (TPSA) is 43.8 Å². The van der Waals surface area contributed by atoms with Crippen molar-refractivity contribution in [2.75, 3.05) is 45.1 Å². The van der Waals surface area contributed by atoms with Crippen molar-refractivity contribution in [2.24, 2.45) is 0 Å². The van der Waals surface area contributed by atoms with Gasteiger partial charge in [0.05, 0.1) is 12.2 Å². The molecule has 1 heterocycles. The molecule has 0 atom stereocenters. The lowest BCUT2D eigenvalue weighted by molar-refractivity contribution is 0.0611. The molecule has 0 unspecified atom stereocenters. The van der Waals surface area contributed by atoms with Crippen LogP contribution in [0.5, 0.6) is 0 Å². The van der Waals surface area contributed by atoms with Crippen molar-refractivity contribution in [3.05, 3.63) is 28.8 Å². The minimum Gasteiger partial charge on any atom is -0.395 e.